The van der Waals surface area contributed by atoms with E-state index in [1.165, 1.54) is 37.0 Å². The second kappa shape index (κ2) is 6.24. The van der Waals surface area contributed by atoms with Crippen molar-refractivity contribution in [2.24, 2.45) is 0 Å². The second-order valence-electron chi connectivity index (χ2n) is 6.27. The Morgan fingerprint density at radius 3 is 2.64 bits per heavy atom. The number of nitrogens with zero attached hydrogens (tertiary/aromatic N) is 1. The van der Waals surface area contributed by atoms with Gasteiger partial charge in [0, 0.05) is 17.1 Å². The molecule has 4 nitrogen and oxygen atoms in total. The highest BCUT2D eigenvalue weighted by Gasteiger charge is 2.21. The molecule has 1 amide bonds. The Kier molecular flexibility index (Phi) is 4.34. The number of amides is 1. The molecule has 0 aliphatic heterocycles. The van der Waals surface area contributed by atoms with Gasteiger partial charge in [0.05, 0.1) is 5.69 Å². The number of nitrogens with one attached hydrogen (secondary N) is 1. The molecule has 3 N–H and O–H groups in total. The third-order valence-electron chi connectivity index (χ3n) is 4.42. The number of fused-ring (bicyclic) bond motifs is 1. The number of carbonyl (C=O) groups excluding carboxylic acids is 1. The first-order chi connectivity index (χ1) is 10.6. The summed E-state index contributed by atoms with van der Waals surface area (Å²) in [5.74, 6) is -0.0375. The number of carbonyl (C=O) groups is 1. The smallest absolute Gasteiger partial charge is 0.263 e. The first-order valence-electron chi connectivity index (χ1n) is 8.03. The van der Waals surface area contributed by atoms with Gasteiger partial charge in [0.25, 0.3) is 5.91 Å². The number of pyridine rings is 1. The van der Waals surface area contributed by atoms with Crippen LogP contribution in [0.5, 0.6) is 0 Å². The first kappa shape index (κ1) is 15.3. The lowest BCUT2D eigenvalue weighted by Gasteiger charge is -2.15. The lowest BCUT2D eigenvalue weighted by atomic mass is 10.1. The van der Waals surface area contributed by atoms with Crippen LogP contribution >= 0.6 is 11.3 Å². The summed E-state index contributed by atoms with van der Waals surface area (Å²) in [5.41, 5.74) is 8.86. The van der Waals surface area contributed by atoms with E-state index in [2.05, 4.69) is 10.3 Å². The quantitative estimate of drug-likeness (QED) is 0.824. The zero-order valence-electron chi connectivity index (χ0n) is 13.2. The fourth-order valence-corrected chi connectivity index (χ4v) is 4.43. The molecule has 2 heterocycles. The Hall–Kier alpha value is -1.62. The Morgan fingerprint density at radius 2 is 1.95 bits per heavy atom. The highest BCUT2D eigenvalue weighted by atomic mass is 32.1. The van der Waals surface area contributed by atoms with E-state index in [1.807, 2.05) is 19.9 Å². The monoisotopic (exact) mass is 317 g/mol. The van der Waals surface area contributed by atoms with Crippen molar-refractivity contribution in [3.05, 3.63) is 22.2 Å². The standard InChI is InChI=1S/C17H23N3OS/c1-10-9-11(2)19-17-13(10)14(18)15(22-17)16(21)20-12-7-5-3-4-6-8-12/h9,12H,3-8,18H2,1-2H3,(H,20,21). The van der Waals surface area contributed by atoms with Crippen molar-refractivity contribution in [2.75, 3.05) is 5.73 Å². The van der Waals surface area contributed by atoms with Gasteiger partial charge in [-0.2, -0.15) is 0 Å². The van der Waals surface area contributed by atoms with Crippen LogP contribution in [0.1, 0.15) is 59.5 Å². The summed E-state index contributed by atoms with van der Waals surface area (Å²) >= 11 is 1.41. The molecule has 118 valence electrons. The van der Waals surface area contributed by atoms with Gasteiger partial charge >= 0.3 is 0 Å². The molecule has 0 bridgehead atoms. The minimum atomic E-state index is -0.0375. The molecule has 2 aromatic rings. The maximum Gasteiger partial charge on any atom is 0.263 e. The van der Waals surface area contributed by atoms with Gasteiger partial charge in [0.15, 0.2) is 0 Å². The molecule has 1 aliphatic carbocycles. The number of hydrogen-bond donors (Lipinski definition) is 2. The Morgan fingerprint density at radius 1 is 1.27 bits per heavy atom. The van der Waals surface area contributed by atoms with Crippen LogP contribution in [0, 0.1) is 13.8 Å². The summed E-state index contributed by atoms with van der Waals surface area (Å²) in [6.07, 6.45) is 7.11. The van der Waals surface area contributed by atoms with E-state index in [4.69, 9.17) is 5.73 Å². The van der Waals surface area contributed by atoms with Crippen LogP contribution in [0.2, 0.25) is 0 Å². The molecule has 1 saturated carbocycles. The van der Waals surface area contributed by atoms with E-state index in [1.54, 1.807) is 0 Å². The molecule has 0 aromatic carbocycles. The van der Waals surface area contributed by atoms with Crippen molar-refractivity contribution in [1.29, 1.82) is 0 Å². The van der Waals surface area contributed by atoms with E-state index < -0.39 is 0 Å². The van der Waals surface area contributed by atoms with Crippen LogP contribution in [0.3, 0.4) is 0 Å². The van der Waals surface area contributed by atoms with Crippen molar-refractivity contribution < 1.29 is 4.79 Å². The summed E-state index contributed by atoms with van der Waals surface area (Å²) in [6, 6.07) is 2.30. The van der Waals surface area contributed by atoms with Gasteiger partial charge in [0.2, 0.25) is 0 Å². The number of aromatic nitrogens is 1. The molecule has 0 unspecified atom stereocenters. The average Bonchev–Trinajstić information content (AvgIpc) is 2.63. The molecule has 0 atom stereocenters. The summed E-state index contributed by atoms with van der Waals surface area (Å²) in [4.78, 5) is 18.6. The van der Waals surface area contributed by atoms with Crippen LogP contribution in [0.4, 0.5) is 5.69 Å². The number of aryl methyl sites for hydroxylation is 2. The van der Waals surface area contributed by atoms with Crippen LogP contribution in [0.25, 0.3) is 10.2 Å². The molecular formula is C17H23N3OS. The van der Waals surface area contributed by atoms with Crippen LogP contribution in [-0.4, -0.2) is 16.9 Å². The Bertz CT molecular complexity index is 699. The highest BCUT2D eigenvalue weighted by Crippen LogP contribution is 2.35. The number of rotatable bonds is 2. The highest BCUT2D eigenvalue weighted by molar-refractivity contribution is 7.21. The molecule has 1 fully saturated rings. The van der Waals surface area contributed by atoms with Crippen molar-refractivity contribution >= 4 is 33.1 Å². The predicted molar refractivity (Wildman–Crippen MR) is 92.5 cm³/mol. The first-order valence-corrected chi connectivity index (χ1v) is 8.85. The van der Waals surface area contributed by atoms with Gasteiger partial charge in [-0.3, -0.25) is 4.79 Å². The molecule has 3 rings (SSSR count). The van der Waals surface area contributed by atoms with Crippen molar-refractivity contribution in [3.63, 3.8) is 0 Å². The van der Waals surface area contributed by atoms with Crippen LogP contribution in [-0.2, 0) is 0 Å². The van der Waals surface area contributed by atoms with Gasteiger partial charge in [0.1, 0.15) is 9.71 Å². The predicted octanol–water partition coefficient (Wildman–Crippen LogP) is 3.95. The summed E-state index contributed by atoms with van der Waals surface area (Å²) in [5, 5.41) is 4.11. The number of hydrogen-bond acceptors (Lipinski definition) is 4. The Balaban J connectivity index is 1.87. The molecular weight excluding hydrogens is 294 g/mol. The topological polar surface area (TPSA) is 68.0 Å². The SMILES string of the molecule is Cc1cc(C)c2c(N)c(C(=O)NC3CCCCCC3)sc2n1. The lowest BCUT2D eigenvalue weighted by molar-refractivity contribution is 0.0938. The molecule has 2 aromatic heterocycles. The normalized spacial score (nSPS) is 16.6. The summed E-state index contributed by atoms with van der Waals surface area (Å²) in [7, 11) is 0. The zero-order valence-corrected chi connectivity index (χ0v) is 14.1. The molecule has 22 heavy (non-hydrogen) atoms. The fraction of sp³-hybridized carbons (Fsp3) is 0.529. The molecule has 0 saturated heterocycles. The van der Waals surface area contributed by atoms with E-state index in [0.29, 0.717) is 10.6 Å². The number of nitrogens with two attached hydrogens (primary N) is 1. The third-order valence-corrected chi connectivity index (χ3v) is 5.52. The van der Waals surface area contributed by atoms with Crippen molar-refractivity contribution in [3.8, 4) is 0 Å². The van der Waals surface area contributed by atoms with Gasteiger partial charge in [-0.1, -0.05) is 25.7 Å². The summed E-state index contributed by atoms with van der Waals surface area (Å²) in [6.45, 7) is 3.99. The van der Waals surface area contributed by atoms with E-state index in [-0.39, 0.29) is 11.9 Å². The van der Waals surface area contributed by atoms with Crippen molar-refractivity contribution in [2.45, 2.75) is 58.4 Å². The number of thiophene rings is 1. The molecule has 1 aliphatic rings. The summed E-state index contributed by atoms with van der Waals surface area (Å²) < 4.78 is 0. The van der Waals surface area contributed by atoms with Gasteiger partial charge < -0.3 is 11.1 Å². The van der Waals surface area contributed by atoms with Crippen molar-refractivity contribution in [1.82, 2.24) is 10.3 Å². The average molecular weight is 317 g/mol. The molecule has 0 spiro atoms. The number of anilines is 1. The van der Waals surface area contributed by atoms with E-state index >= 15 is 0 Å². The maximum absolute atomic E-state index is 12.6. The third kappa shape index (κ3) is 2.95. The maximum atomic E-state index is 12.6. The minimum Gasteiger partial charge on any atom is -0.397 e. The van der Waals surface area contributed by atoms with Gasteiger partial charge in [-0.05, 0) is 38.3 Å². The van der Waals surface area contributed by atoms with Crippen LogP contribution < -0.4 is 11.1 Å². The van der Waals surface area contributed by atoms with Crippen LogP contribution in [0.15, 0.2) is 6.07 Å². The largest absolute Gasteiger partial charge is 0.397 e. The van der Waals surface area contributed by atoms with Gasteiger partial charge in [-0.15, -0.1) is 11.3 Å². The second-order valence-corrected chi connectivity index (χ2v) is 7.27. The minimum absolute atomic E-state index is 0.0375. The van der Waals surface area contributed by atoms with E-state index in [9.17, 15) is 4.79 Å². The zero-order chi connectivity index (χ0) is 15.7. The number of nitrogen functional groups attached to an aromatic ring is 1. The molecule has 0 radical (unpaired) electrons. The van der Waals surface area contributed by atoms with Gasteiger partial charge in [-0.25, -0.2) is 4.98 Å². The molecule has 5 heteroatoms. The van der Waals surface area contributed by atoms with E-state index in [0.717, 1.165) is 34.3 Å². The lowest BCUT2D eigenvalue weighted by Crippen LogP contribution is -2.34. The Labute approximate surface area is 135 Å². The fourth-order valence-electron chi connectivity index (χ4n) is 3.31.